The number of nitrogens with one attached hydrogen (secondary N) is 2. The third kappa shape index (κ3) is 4.03. The van der Waals surface area contributed by atoms with Crippen LogP contribution in [0, 0.1) is 20.8 Å². The van der Waals surface area contributed by atoms with Gasteiger partial charge in [0.2, 0.25) is 0 Å². The van der Waals surface area contributed by atoms with Gasteiger partial charge in [-0.05, 0) is 69.4 Å². The van der Waals surface area contributed by atoms with E-state index >= 15 is 0 Å². The normalized spacial score (nSPS) is 14.0. The van der Waals surface area contributed by atoms with Crippen molar-refractivity contribution in [3.8, 4) is 0 Å². The van der Waals surface area contributed by atoms with Crippen LogP contribution in [0.3, 0.4) is 0 Å². The van der Waals surface area contributed by atoms with Crippen molar-refractivity contribution in [2.24, 2.45) is 0 Å². The fourth-order valence-electron chi connectivity index (χ4n) is 3.60. The average molecular weight is 388 g/mol. The van der Waals surface area contributed by atoms with Gasteiger partial charge in [-0.25, -0.2) is 0 Å². The largest absolute Gasteiger partial charge is 0.371 e. The number of carbonyl (C=O) groups excluding carboxylic acids is 1. The second-order valence-electron chi connectivity index (χ2n) is 7.42. The minimum Gasteiger partial charge on any atom is -0.371 e. The SMILES string of the molecule is Cc1cc(C)c(CNC(=O)c2cc(Cl)cc(N(C)C3CCC3)c2C)c(=O)[nH]1. The summed E-state index contributed by atoms with van der Waals surface area (Å²) in [5.41, 5.74) is 4.51. The molecule has 144 valence electrons. The molecule has 0 saturated heterocycles. The summed E-state index contributed by atoms with van der Waals surface area (Å²) in [4.78, 5) is 30.0. The second kappa shape index (κ2) is 7.77. The van der Waals surface area contributed by atoms with Gasteiger partial charge in [-0.1, -0.05) is 11.6 Å². The summed E-state index contributed by atoms with van der Waals surface area (Å²) in [6.45, 7) is 5.84. The Balaban J connectivity index is 1.83. The fraction of sp³-hybridized carbons (Fsp3) is 0.429. The lowest BCUT2D eigenvalue weighted by Gasteiger charge is -2.37. The first-order valence-corrected chi connectivity index (χ1v) is 9.66. The Bertz CT molecular complexity index is 932. The molecule has 1 amide bonds. The lowest BCUT2D eigenvalue weighted by atomic mass is 9.90. The number of nitrogens with zero attached hydrogens (tertiary/aromatic N) is 1. The molecule has 0 aliphatic heterocycles. The summed E-state index contributed by atoms with van der Waals surface area (Å²) < 4.78 is 0. The topological polar surface area (TPSA) is 65.2 Å². The predicted molar refractivity (Wildman–Crippen MR) is 110 cm³/mol. The van der Waals surface area contributed by atoms with Crippen molar-refractivity contribution in [2.45, 2.75) is 52.6 Å². The molecule has 27 heavy (non-hydrogen) atoms. The number of rotatable bonds is 5. The Morgan fingerprint density at radius 2 is 1.96 bits per heavy atom. The van der Waals surface area contributed by atoms with Gasteiger partial charge < -0.3 is 15.2 Å². The Morgan fingerprint density at radius 1 is 1.26 bits per heavy atom. The lowest BCUT2D eigenvalue weighted by Crippen LogP contribution is -2.38. The van der Waals surface area contributed by atoms with Gasteiger partial charge in [0.1, 0.15) is 0 Å². The first-order chi connectivity index (χ1) is 12.8. The van der Waals surface area contributed by atoms with E-state index in [4.69, 9.17) is 11.6 Å². The van der Waals surface area contributed by atoms with Gasteiger partial charge in [0.05, 0.1) is 0 Å². The molecule has 2 N–H and O–H groups in total. The van der Waals surface area contributed by atoms with Crippen LogP contribution in [-0.4, -0.2) is 24.0 Å². The van der Waals surface area contributed by atoms with Crippen molar-refractivity contribution in [3.63, 3.8) is 0 Å². The summed E-state index contributed by atoms with van der Waals surface area (Å²) in [6, 6.07) is 6.02. The number of amides is 1. The molecule has 1 saturated carbocycles. The third-order valence-corrected chi connectivity index (χ3v) is 5.73. The third-order valence-electron chi connectivity index (χ3n) is 5.51. The first-order valence-electron chi connectivity index (χ1n) is 9.28. The molecule has 0 atom stereocenters. The molecule has 1 heterocycles. The van der Waals surface area contributed by atoms with Crippen LogP contribution in [0.4, 0.5) is 5.69 Å². The maximum Gasteiger partial charge on any atom is 0.253 e. The second-order valence-corrected chi connectivity index (χ2v) is 7.86. The molecule has 0 radical (unpaired) electrons. The number of H-pyrrole nitrogens is 1. The van der Waals surface area contributed by atoms with E-state index in [0.717, 1.165) is 22.5 Å². The number of aryl methyl sites for hydroxylation is 2. The molecule has 1 aliphatic rings. The molecule has 2 aromatic rings. The predicted octanol–water partition coefficient (Wildman–Crippen LogP) is 3.87. The first kappa shape index (κ1) is 19.5. The highest BCUT2D eigenvalue weighted by Gasteiger charge is 2.25. The molecule has 6 heteroatoms. The number of anilines is 1. The van der Waals surface area contributed by atoms with Gasteiger partial charge in [-0.3, -0.25) is 9.59 Å². The Labute approximate surface area is 164 Å². The summed E-state index contributed by atoms with van der Waals surface area (Å²) in [5.74, 6) is -0.224. The van der Waals surface area contributed by atoms with E-state index in [1.54, 1.807) is 6.07 Å². The Morgan fingerprint density at radius 3 is 2.56 bits per heavy atom. The number of pyridine rings is 1. The van der Waals surface area contributed by atoms with E-state index < -0.39 is 0 Å². The van der Waals surface area contributed by atoms with Crippen LogP contribution in [0.15, 0.2) is 23.0 Å². The van der Waals surface area contributed by atoms with Gasteiger partial charge in [0, 0.05) is 47.2 Å². The van der Waals surface area contributed by atoms with E-state index in [-0.39, 0.29) is 18.0 Å². The van der Waals surface area contributed by atoms with Crippen molar-refractivity contribution < 1.29 is 4.79 Å². The number of hydrogen-bond acceptors (Lipinski definition) is 3. The van der Waals surface area contributed by atoms with Crippen LogP contribution >= 0.6 is 11.6 Å². The molecular weight excluding hydrogens is 362 g/mol. The fourth-order valence-corrected chi connectivity index (χ4v) is 3.82. The van der Waals surface area contributed by atoms with Crippen molar-refractivity contribution in [2.75, 3.05) is 11.9 Å². The molecule has 1 aromatic carbocycles. The molecule has 0 unspecified atom stereocenters. The molecule has 5 nitrogen and oxygen atoms in total. The van der Waals surface area contributed by atoms with Crippen LogP contribution in [-0.2, 0) is 6.54 Å². The molecular formula is C21H26ClN3O2. The number of hydrogen-bond donors (Lipinski definition) is 2. The van der Waals surface area contributed by atoms with E-state index in [0.29, 0.717) is 22.2 Å². The van der Waals surface area contributed by atoms with Crippen LogP contribution in [0.2, 0.25) is 5.02 Å². The minimum absolute atomic E-state index is 0.166. The van der Waals surface area contributed by atoms with Gasteiger partial charge >= 0.3 is 0 Å². The zero-order chi connectivity index (χ0) is 19.7. The molecule has 1 aromatic heterocycles. The van der Waals surface area contributed by atoms with Gasteiger partial charge in [-0.2, -0.15) is 0 Å². The van der Waals surface area contributed by atoms with Crippen LogP contribution in [0.5, 0.6) is 0 Å². The minimum atomic E-state index is -0.224. The smallest absolute Gasteiger partial charge is 0.253 e. The maximum absolute atomic E-state index is 12.8. The van der Waals surface area contributed by atoms with Crippen molar-refractivity contribution in [1.29, 1.82) is 0 Å². The lowest BCUT2D eigenvalue weighted by molar-refractivity contribution is 0.0950. The van der Waals surface area contributed by atoms with E-state index in [9.17, 15) is 9.59 Å². The highest BCUT2D eigenvalue weighted by Crippen LogP contribution is 2.33. The molecule has 3 rings (SSSR count). The summed E-state index contributed by atoms with van der Waals surface area (Å²) in [5, 5.41) is 3.41. The average Bonchev–Trinajstić information content (AvgIpc) is 2.53. The molecule has 1 aliphatic carbocycles. The quantitative estimate of drug-likeness (QED) is 0.818. The summed E-state index contributed by atoms with van der Waals surface area (Å²) in [7, 11) is 2.05. The number of aromatic nitrogens is 1. The zero-order valence-corrected chi connectivity index (χ0v) is 17.0. The van der Waals surface area contributed by atoms with E-state index in [1.807, 2.05) is 32.9 Å². The van der Waals surface area contributed by atoms with Crippen LogP contribution in [0.25, 0.3) is 0 Å². The maximum atomic E-state index is 12.8. The van der Waals surface area contributed by atoms with Crippen LogP contribution in [0.1, 0.15) is 52.0 Å². The number of halogens is 1. The standard InChI is InChI=1S/C21H26ClN3O2/c1-12-8-13(2)24-21(27)18(12)11-23-20(26)17-9-15(22)10-19(14(17)3)25(4)16-6-5-7-16/h8-10,16H,5-7,11H2,1-4H3,(H,23,26)(H,24,27). The highest BCUT2D eigenvalue weighted by atomic mass is 35.5. The van der Waals surface area contributed by atoms with Crippen LogP contribution < -0.4 is 15.8 Å². The van der Waals surface area contributed by atoms with E-state index in [2.05, 4.69) is 22.2 Å². The Kier molecular flexibility index (Phi) is 5.61. The number of aromatic amines is 1. The van der Waals surface area contributed by atoms with Gasteiger partial charge in [0.15, 0.2) is 0 Å². The highest BCUT2D eigenvalue weighted by molar-refractivity contribution is 6.31. The van der Waals surface area contributed by atoms with Gasteiger partial charge in [-0.15, -0.1) is 0 Å². The summed E-state index contributed by atoms with van der Waals surface area (Å²) >= 11 is 6.30. The monoisotopic (exact) mass is 387 g/mol. The van der Waals surface area contributed by atoms with Crippen molar-refractivity contribution >= 4 is 23.2 Å². The van der Waals surface area contributed by atoms with Crippen molar-refractivity contribution in [1.82, 2.24) is 10.3 Å². The Hall–Kier alpha value is -2.27. The van der Waals surface area contributed by atoms with Crippen molar-refractivity contribution in [3.05, 3.63) is 61.5 Å². The summed E-state index contributed by atoms with van der Waals surface area (Å²) in [6.07, 6.45) is 3.57. The zero-order valence-electron chi connectivity index (χ0n) is 16.3. The van der Waals surface area contributed by atoms with Gasteiger partial charge in [0.25, 0.3) is 11.5 Å². The molecule has 1 fully saturated rings. The number of benzene rings is 1. The molecule has 0 spiro atoms. The molecule has 0 bridgehead atoms. The number of carbonyl (C=O) groups is 1. The van der Waals surface area contributed by atoms with E-state index in [1.165, 1.54) is 19.3 Å².